The van der Waals surface area contributed by atoms with E-state index in [4.69, 9.17) is 4.74 Å². The number of halogens is 1. The number of pyridine rings is 1. The second-order valence-electron chi connectivity index (χ2n) is 11.8. The summed E-state index contributed by atoms with van der Waals surface area (Å²) >= 11 is 0. The van der Waals surface area contributed by atoms with Crippen molar-refractivity contribution in [3.63, 3.8) is 0 Å². The van der Waals surface area contributed by atoms with E-state index in [1.807, 2.05) is 58.9 Å². The fraction of sp³-hybridized carbons (Fsp3) is 0.419. The number of anilines is 2. The molecule has 3 aromatic rings. The first-order chi connectivity index (χ1) is 19.4. The molecule has 0 aliphatic carbocycles. The molecule has 2 fully saturated rings. The Morgan fingerprint density at radius 2 is 1.93 bits per heavy atom. The summed E-state index contributed by atoms with van der Waals surface area (Å²) in [7, 11) is 0. The van der Waals surface area contributed by atoms with Gasteiger partial charge in [-0.05, 0) is 82.7 Å². The normalized spacial score (nSPS) is 19.3. The predicted molar refractivity (Wildman–Crippen MR) is 156 cm³/mol. The Bertz CT molecular complexity index is 1500. The average molecular weight is 562 g/mol. The second kappa shape index (κ2) is 11.0. The maximum Gasteiger partial charge on any atom is 0.410 e. The highest BCUT2D eigenvalue weighted by atomic mass is 19.1. The summed E-state index contributed by atoms with van der Waals surface area (Å²) in [5.74, 6) is -0.882. The Hall–Kier alpha value is -4.21. The number of aryl methyl sites for hydroxylation is 1. The summed E-state index contributed by atoms with van der Waals surface area (Å²) in [5, 5.41) is 4.48. The molecule has 2 saturated heterocycles. The maximum absolute atomic E-state index is 15.7. The van der Waals surface area contributed by atoms with Gasteiger partial charge in [-0.3, -0.25) is 14.6 Å². The molecule has 41 heavy (non-hydrogen) atoms. The zero-order valence-electron chi connectivity index (χ0n) is 24.1. The molecule has 1 aromatic heterocycles. The average Bonchev–Trinajstić information content (AvgIpc) is 3.25. The van der Waals surface area contributed by atoms with Gasteiger partial charge in [-0.15, -0.1) is 0 Å². The highest BCUT2D eigenvalue weighted by Crippen LogP contribution is 2.33. The molecule has 2 atom stereocenters. The van der Waals surface area contributed by atoms with Crippen LogP contribution in [0.3, 0.4) is 0 Å². The standard InChI is InChI=1S/C31H36FN5O4/c1-19-8-6-9-21-13-14-33-27(26(19)21)37(23-10-7-15-35(18-23)30(40)41-31(3,4)5)28(38)24-12-11-22(16-25(24)32)36-17-20(2)34-29(36)39/h6,8-9,11-14,16,20,23H,7,10,15,17-18H2,1-5H3,(H,34,39)/t20?,23-/m1/s1. The van der Waals surface area contributed by atoms with E-state index < -0.39 is 29.5 Å². The maximum atomic E-state index is 15.7. The van der Waals surface area contributed by atoms with Crippen molar-refractivity contribution in [1.29, 1.82) is 0 Å². The lowest BCUT2D eigenvalue weighted by atomic mass is 10.00. The number of rotatable bonds is 4. The summed E-state index contributed by atoms with van der Waals surface area (Å²) in [6.07, 6.45) is 2.42. The molecule has 3 heterocycles. The van der Waals surface area contributed by atoms with Crippen molar-refractivity contribution in [3.8, 4) is 0 Å². The molecule has 2 aliphatic rings. The van der Waals surface area contributed by atoms with Crippen molar-refractivity contribution in [1.82, 2.24) is 15.2 Å². The molecule has 0 radical (unpaired) electrons. The van der Waals surface area contributed by atoms with Crippen molar-refractivity contribution < 1.29 is 23.5 Å². The van der Waals surface area contributed by atoms with Gasteiger partial charge in [-0.2, -0.15) is 0 Å². The van der Waals surface area contributed by atoms with Crippen LogP contribution in [0, 0.1) is 12.7 Å². The van der Waals surface area contributed by atoms with Crippen LogP contribution in [-0.4, -0.2) is 65.2 Å². The number of aromatic nitrogens is 1. The molecule has 0 bridgehead atoms. The van der Waals surface area contributed by atoms with Crippen LogP contribution in [0.4, 0.5) is 25.5 Å². The number of carbonyl (C=O) groups is 3. The van der Waals surface area contributed by atoms with Gasteiger partial charge in [-0.25, -0.2) is 19.0 Å². The van der Waals surface area contributed by atoms with Gasteiger partial charge in [0.1, 0.15) is 17.2 Å². The number of likely N-dealkylation sites (tertiary alicyclic amines) is 1. The minimum Gasteiger partial charge on any atom is -0.444 e. The molecule has 1 unspecified atom stereocenters. The Kier molecular flexibility index (Phi) is 7.59. The number of amides is 4. The van der Waals surface area contributed by atoms with Gasteiger partial charge in [0.25, 0.3) is 5.91 Å². The Labute approximate surface area is 239 Å². The minimum absolute atomic E-state index is 0.0674. The number of urea groups is 1. The summed E-state index contributed by atoms with van der Waals surface area (Å²) in [6.45, 7) is 10.4. The second-order valence-corrected chi connectivity index (χ2v) is 11.8. The quantitative estimate of drug-likeness (QED) is 0.445. The molecule has 5 rings (SSSR count). The molecule has 1 N–H and O–H groups in total. The van der Waals surface area contributed by atoms with Crippen LogP contribution in [0.25, 0.3) is 10.8 Å². The number of nitrogens with one attached hydrogen (secondary N) is 1. The lowest BCUT2D eigenvalue weighted by Crippen LogP contribution is -2.53. The minimum atomic E-state index is -0.735. The molecule has 4 amide bonds. The lowest BCUT2D eigenvalue weighted by molar-refractivity contribution is 0.0196. The fourth-order valence-corrected chi connectivity index (χ4v) is 5.55. The van der Waals surface area contributed by atoms with E-state index in [0.717, 1.165) is 16.3 Å². The molecule has 216 valence electrons. The van der Waals surface area contributed by atoms with Crippen LogP contribution in [-0.2, 0) is 4.74 Å². The molecule has 2 aromatic carbocycles. The number of carbonyl (C=O) groups excluding carboxylic acids is 3. The van der Waals surface area contributed by atoms with E-state index in [0.29, 0.717) is 37.4 Å². The molecule has 0 spiro atoms. The van der Waals surface area contributed by atoms with Gasteiger partial charge in [0.2, 0.25) is 0 Å². The zero-order chi connectivity index (χ0) is 29.5. The van der Waals surface area contributed by atoms with Crippen molar-refractivity contribution in [2.75, 3.05) is 29.4 Å². The van der Waals surface area contributed by atoms with Crippen molar-refractivity contribution in [2.24, 2.45) is 0 Å². The van der Waals surface area contributed by atoms with Crippen LogP contribution in [0.5, 0.6) is 0 Å². The van der Waals surface area contributed by atoms with Crippen molar-refractivity contribution >= 4 is 40.3 Å². The van der Waals surface area contributed by atoms with Gasteiger partial charge < -0.3 is 15.0 Å². The predicted octanol–water partition coefficient (Wildman–Crippen LogP) is 5.65. The van der Waals surface area contributed by atoms with Crippen LogP contribution < -0.4 is 15.1 Å². The van der Waals surface area contributed by atoms with Crippen LogP contribution >= 0.6 is 0 Å². The zero-order valence-corrected chi connectivity index (χ0v) is 24.1. The Morgan fingerprint density at radius 1 is 1.15 bits per heavy atom. The van der Waals surface area contributed by atoms with E-state index in [1.54, 1.807) is 17.2 Å². The van der Waals surface area contributed by atoms with Crippen LogP contribution in [0.1, 0.15) is 56.5 Å². The fourth-order valence-electron chi connectivity index (χ4n) is 5.55. The van der Waals surface area contributed by atoms with Crippen LogP contribution in [0.15, 0.2) is 48.7 Å². The van der Waals surface area contributed by atoms with Crippen molar-refractivity contribution in [2.45, 2.75) is 65.1 Å². The van der Waals surface area contributed by atoms with E-state index in [9.17, 15) is 14.4 Å². The van der Waals surface area contributed by atoms with E-state index in [2.05, 4.69) is 10.3 Å². The number of hydrogen-bond acceptors (Lipinski definition) is 5. The lowest BCUT2D eigenvalue weighted by Gasteiger charge is -2.39. The number of nitrogens with zero attached hydrogens (tertiary/aromatic N) is 4. The molecular weight excluding hydrogens is 525 g/mol. The van der Waals surface area contributed by atoms with Gasteiger partial charge in [0, 0.05) is 42.9 Å². The molecule has 9 nitrogen and oxygen atoms in total. The summed E-state index contributed by atoms with van der Waals surface area (Å²) < 4.78 is 21.3. The van der Waals surface area contributed by atoms with Gasteiger partial charge in [0.15, 0.2) is 0 Å². The molecule has 2 aliphatic heterocycles. The summed E-state index contributed by atoms with van der Waals surface area (Å²) in [6, 6.07) is 11.1. The summed E-state index contributed by atoms with van der Waals surface area (Å²) in [5.41, 5.74) is 0.500. The third kappa shape index (κ3) is 5.82. The topological polar surface area (TPSA) is 95.1 Å². The first-order valence-electron chi connectivity index (χ1n) is 14.0. The molecule has 0 saturated carbocycles. The monoisotopic (exact) mass is 561 g/mol. The van der Waals surface area contributed by atoms with Gasteiger partial charge in [-0.1, -0.05) is 18.2 Å². The molecule has 10 heteroatoms. The highest BCUT2D eigenvalue weighted by Gasteiger charge is 2.36. The first kappa shape index (κ1) is 28.3. The van der Waals surface area contributed by atoms with Crippen molar-refractivity contribution in [3.05, 3.63) is 65.6 Å². The number of fused-ring (bicyclic) bond motifs is 1. The number of hydrogen-bond donors (Lipinski definition) is 1. The Morgan fingerprint density at radius 3 is 2.61 bits per heavy atom. The van der Waals surface area contributed by atoms with Gasteiger partial charge in [0.05, 0.1) is 11.6 Å². The number of benzene rings is 2. The number of ether oxygens (including phenoxy) is 1. The molecular formula is C31H36FN5O4. The number of piperidine rings is 1. The van der Waals surface area contributed by atoms with E-state index >= 15 is 4.39 Å². The highest BCUT2D eigenvalue weighted by molar-refractivity contribution is 6.11. The van der Waals surface area contributed by atoms with Gasteiger partial charge >= 0.3 is 12.1 Å². The third-order valence-corrected chi connectivity index (χ3v) is 7.41. The largest absolute Gasteiger partial charge is 0.444 e. The SMILES string of the molecule is Cc1cccc2ccnc(N(C(=O)c3ccc(N4CC(C)NC4=O)cc3F)[C@@H]3CCCN(C(=O)OC(C)(C)C)C3)c12. The summed E-state index contributed by atoms with van der Waals surface area (Å²) in [4.78, 5) is 48.8. The van der Waals surface area contributed by atoms with E-state index in [1.165, 1.54) is 21.9 Å². The third-order valence-electron chi connectivity index (χ3n) is 7.41. The smallest absolute Gasteiger partial charge is 0.410 e. The van der Waals surface area contributed by atoms with Crippen LogP contribution in [0.2, 0.25) is 0 Å². The Balaban J connectivity index is 1.55. The first-order valence-corrected chi connectivity index (χ1v) is 14.0. The van der Waals surface area contributed by atoms with E-state index in [-0.39, 0.29) is 24.2 Å².